The van der Waals surface area contributed by atoms with Gasteiger partial charge in [-0.1, -0.05) is 12.1 Å². The van der Waals surface area contributed by atoms with Gasteiger partial charge in [-0.15, -0.1) is 0 Å². The molecule has 0 bridgehead atoms. The van der Waals surface area contributed by atoms with Crippen molar-refractivity contribution in [3.63, 3.8) is 0 Å². The van der Waals surface area contributed by atoms with E-state index in [-0.39, 0.29) is 0 Å². The molecule has 0 aliphatic rings. The van der Waals surface area contributed by atoms with Crippen LogP contribution >= 0.6 is 0 Å². The van der Waals surface area contributed by atoms with Crippen molar-refractivity contribution in [1.82, 2.24) is 25.1 Å². The van der Waals surface area contributed by atoms with E-state index in [1.807, 2.05) is 67.3 Å². The summed E-state index contributed by atoms with van der Waals surface area (Å²) in [6.45, 7) is 1.20. The number of methoxy groups -OCH3 is 1. The topological polar surface area (TPSA) is 97.8 Å². The normalized spacial score (nSPS) is 10.9. The van der Waals surface area contributed by atoms with Gasteiger partial charge in [0.25, 0.3) is 0 Å². The molecule has 0 saturated heterocycles. The van der Waals surface area contributed by atoms with E-state index >= 15 is 0 Å². The Kier molecular flexibility index (Phi) is 6.79. The van der Waals surface area contributed by atoms with Crippen LogP contribution in [0.15, 0.2) is 79.4 Å². The van der Waals surface area contributed by atoms with Crippen molar-refractivity contribution in [3.05, 3.63) is 90.8 Å². The van der Waals surface area contributed by atoms with Crippen LogP contribution < -0.4 is 14.8 Å². The maximum atomic E-state index is 5.91. The summed E-state index contributed by atoms with van der Waals surface area (Å²) in [7, 11) is 1.64. The average Bonchev–Trinajstić information content (AvgIpc) is 3.44. The van der Waals surface area contributed by atoms with Gasteiger partial charge in [0.2, 0.25) is 0 Å². The number of nitrogens with one attached hydrogen (secondary N) is 2. The summed E-state index contributed by atoms with van der Waals surface area (Å²) in [5, 5.41) is 11.4. The van der Waals surface area contributed by atoms with E-state index in [0.29, 0.717) is 13.0 Å². The monoisotopic (exact) mass is 466 g/mol. The van der Waals surface area contributed by atoms with Gasteiger partial charge in [-0.3, -0.25) is 10.1 Å². The molecule has 3 aromatic heterocycles. The summed E-state index contributed by atoms with van der Waals surface area (Å²) in [6, 6.07) is 17.8. The zero-order valence-electron chi connectivity index (χ0n) is 19.4. The maximum absolute atomic E-state index is 5.91. The summed E-state index contributed by atoms with van der Waals surface area (Å²) in [5.74, 6) is 3.05. The van der Waals surface area contributed by atoms with E-state index in [0.717, 1.165) is 58.1 Å². The fourth-order valence-electron chi connectivity index (χ4n) is 3.84. The lowest BCUT2D eigenvalue weighted by Crippen LogP contribution is -2.11. The highest BCUT2D eigenvalue weighted by atomic mass is 16.5. The summed E-state index contributed by atoms with van der Waals surface area (Å²) in [5.41, 5.74) is 4.18. The third-order valence-electron chi connectivity index (χ3n) is 5.66. The highest BCUT2D eigenvalue weighted by Gasteiger charge is 2.11. The first-order valence-corrected chi connectivity index (χ1v) is 11.5. The molecular weight excluding hydrogens is 440 g/mol. The van der Waals surface area contributed by atoms with Crippen LogP contribution in [0.2, 0.25) is 0 Å². The molecule has 0 fully saturated rings. The zero-order valence-corrected chi connectivity index (χ0v) is 19.4. The van der Waals surface area contributed by atoms with Crippen LogP contribution in [0.25, 0.3) is 22.0 Å². The molecule has 0 atom stereocenters. The Hall–Kier alpha value is -4.46. The molecule has 8 nitrogen and oxygen atoms in total. The molecule has 0 spiro atoms. The minimum atomic E-state index is 0.461. The predicted molar refractivity (Wildman–Crippen MR) is 136 cm³/mol. The number of anilines is 1. The lowest BCUT2D eigenvalue weighted by molar-refractivity contribution is 0.316. The third kappa shape index (κ3) is 5.55. The van der Waals surface area contributed by atoms with Gasteiger partial charge in [0.05, 0.1) is 25.4 Å². The Bertz CT molecular complexity index is 1390. The van der Waals surface area contributed by atoms with E-state index in [9.17, 15) is 0 Å². The Balaban J connectivity index is 1.37. The van der Waals surface area contributed by atoms with Gasteiger partial charge in [0, 0.05) is 48.6 Å². The standard InChI is InChI=1S/C27H26N6O2/c1-34-22-3-2-4-23(16-22)35-14-10-26-32-25-6-5-20(21-17-30-31-18-21)15-24(25)27(33-26)29-13-9-19-7-11-28-12-8-19/h2-8,11-12,15-18H,9-10,13-14H2,1H3,(H,30,31)(H,29,32,33). The molecule has 0 saturated carbocycles. The van der Waals surface area contributed by atoms with Crippen molar-refractivity contribution in [2.24, 2.45) is 0 Å². The molecule has 5 aromatic rings. The molecule has 0 unspecified atom stereocenters. The van der Waals surface area contributed by atoms with Gasteiger partial charge < -0.3 is 14.8 Å². The molecule has 3 heterocycles. The number of hydrogen-bond donors (Lipinski definition) is 2. The second kappa shape index (κ2) is 10.6. The molecule has 2 N–H and O–H groups in total. The van der Waals surface area contributed by atoms with Gasteiger partial charge in [0.15, 0.2) is 0 Å². The Morgan fingerprint density at radius 1 is 0.914 bits per heavy atom. The number of fused-ring (bicyclic) bond motifs is 1. The van der Waals surface area contributed by atoms with Gasteiger partial charge in [0.1, 0.15) is 23.1 Å². The SMILES string of the molecule is COc1cccc(OCCc2nc(NCCc3ccncc3)c3cc(-c4cn[nH]c4)ccc3n2)c1. The Labute approximate surface area is 203 Å². The summed E-state index contributed by atoms with van der Waals surface area (Å²) < 4.78 is 11.2. The lowest BCUT2D eigenvalue weighted by Gasteiger charge is -2.13. The largest absolute Gasteiger partial charge is 0.497 e. The first-order valence-electron chi connectivity index (χ1n) is 11.5. The number of nitrogens with zero attached hydrogens (tertiary/aromatic N) is 4. The quantitative estimate of drug-likeness (QED) is 0.308. The van der Waals surface area contributed by atoms with E-state index in [2.05, 4.69) is 32.6 Å². The number of pyridine rings is 1. The minimum Gasteiger partial charge on any atom is -0.497 e. The van der Waals surface area contributed by atoms with Crippen molar-refractivity contribution in [1.29, 1.82) is 0 Å². The Morgan fingerprint density at radius 3 is 2.63 bits per heavy atom. The lowest BCUT2D eigenvalue weighted by atomic mass is 10.1. The number of ether oxygens (including phenoxy) is 2. The van der Waals surface area contributed by atoms with Crippen LogP contribution in [-0.2, 0) is 12.8 Å². The molecule has 8 heteroatoms. The molecule has 0 aliphatic carbocycles. The van der Waals surface area contributed by atoms with Crippen LogP contribution in [0.4, 0.5) is 5.82 Å². The fraction of sp³-hybridized carbons (Fsp3) is 0.185. The van der Waals surface area contributed by atoms with Crippen LogP contribution in [-0.4, -0.2) is 45.4 Å². The maximum Gasteiger partial charge on any atom is 0.137 e. The number of benzene rings is 2. The first kappa shape index (κ1) is 22.3. The number of hydrogen-bond acceptors (Lipinski definition) is 7. The average molecular weight is 467 g/mol. The second-order valence-corrected chi connectivity index (χ2v) is 8.02. The zero-order chi connectivity index (χ0) is 23.9. The summed E-state index contributed by atoms with van der Waals surface area (Å²) >= 11 is 0. The highest BCUT2D eigenvalue weighted by molar-refractivity contribution is 5.92. The second-order valence-electron chi connectivity index (χ2n) is 8.02. The number of aromatic nitrogens is 5. The molecule has 0 aliphatic heterocycles. The first-order chi connectivity index (χ1) is 17.3. The minimum absolute atomic E-state index is 0.461. The molecule has 35 heavy (non-hydrogen) atoms. The predicted octanol–water partition coefficient (Wildman–Crippen LogP) is 4.70. The summed E-state index contributed by atoms with van der Waals surface area (Å²) in [4.78, 5) is 13.7. The van der Waals surface area contributed by atoms with Crippen LogP contribution in [0.1, 0.15) is 11.4 Å². The van der Waals surface area contributed by atoms with Crippen molar-refractivity contribution in [3.8, 4) is 22.6 Å². The van der Waals surface area contributed by atoms with Crippen LogP contribution in [0.5, 0.6) is 11.5 Å². The van der Waals surface area contributed by atoms with Crippen LogP contribution in [0.3, 0.4) is 0 Å². The Morgan fingerprint density at radius 2 is 1.80 bits per heavy atom. The molecule has 5 rings (SSSR count). The molecule has 0 radical (unpaired) electrons. The third-order valence-corrected chi connectivity index (χ3v) is 5.66. The fourth-order valence-corrected chi connectivity index (χ4v) is 3.84. The summed E-state index contributed by atoms with van der Waals surface area (Å²) in [6.07, 6.45) is 8.76. The van der Waals surface area contributed by atoms with E-state index in [4.69, 9.17) is 19.4 Å². The number of aromatic amines is 1. The van der Waals surface area contributed by atoms with Crippen molar-refractivity contribution in [2.75, 3.05) is 25.6 Å². The van der Waals surface area contributed by atoms with E-state index in [1.54, 1.807) is 7.11 Å². The van der Waals surface area contributed by atoms with Gasteiger partial charge in [-0.05, 0) is 53.9 Å². The molecule has 2 aromatic carbocycles. The highest BCUT2D eigenvalue weighted by Crippen LogP contribution is 2.27. The van der Waals surface area contributed by atoms with Crippen molar-refractivity contribution >= 4 is 16.7 Å². The number of rotatable bonds is 10. The van der Waals surface area contributed by atoms with Gasteiger partial charge in [-0.2, -0.15) is 5.10 Å². The van der Waals surface area contributed by atoms with E-state index in [1.165, 1.54) is 5.56 Å². The van der Waals surface area contributed by atoms with Gasteiger partial charge in [-0.25, -0.2) is 9.97 Å². The molecule has 176 valence electrons. The molecule has 0 amide bonds. The van der Waals surface area contributed by atoms with Crippen molar-refractivity contribution in [2.45, 2.75) is 12.8 Å². The van der Waals surface area contributed by atoms with Gasteiger partial charge >= 0.3 is 0 Å². The number of H-pyrrole nitrogens is 1. The molecular formula is C27H26N6O2. The smallest absolute Gasteiger partial charge is 0.137 e. The van der Waals surface area contributed by atoms with E-state index < -0.39 is 0 Å². The van der Waals surface area contributed by atoms with Crippen molar-refractivity contribution < 1.29 is 9.47 Å². The van der Waals surface area contributed by atoms with Crippen LogP contribution in [0, 0.1) is 0 Å².